The van der Waals surface area contributed by atoms with Gasteiger partial charge in [-0.2, -0.15) is 0 Å². The van der Waals surface area contributed by atoms with Gasteiger partial charge in [0.25, 0.3) is 11.8 Å². The lowest BCUT2D eigenvalue weighted by Crippen LogP contribution is -2.54. The van der Waals surface area contributed by atoms with Crippen molar-refractivity contribution in [2.45, 2.75) is 18.9 Å². The number of nitrogens with zero attached hydrogens (tertiary/aromatic N) is 4. The molecule has 9 heteroatoms. The molecule has 1 aromatic heterocycles. The highest BCUT2D eigenvalue weighted by Gasteiger charge is 2.44. The van der Waals surface area contributed by atoms with Crippen LogP contribution in [-0.2, 0) is 9.59 Å². The number of imide groups is 2. The largest absolute Gasteiger partial charge is 0.295 e. The molecule has 4 amide bonds. The van der Waals surface area contributed by atoms with Gasteiger partial charge < -0.3 is 0 Å². The van der Waals surface area contributed by atoms with Crippen molar-refractivity contribution in [3.05, 3.63) is 90.1 Å². The molecule has 0 bridgehead atoms. The number of piperidine rings is 1. The first-order chi connectivity index (χ1) is 17.5. The van der Waals surface area contributed by atoms with E-state index < -0.39 is 29.7 Å². The fraction of sp³-hybridized carbons (Fsp3) is 0.111. The molecule has 0 radical (unpaired) electrons. The van der Waals surface area contributed by atoms with Gasteiger partial charge in [0, 0.05) is 12.0 Å². The van der Waals surface area contributed by atoms with Gasteiger partial charge in [-0.3, -0.25) is 29.4 Å². The molecule has 3 heterocycles. The number of rotatable bonds is 4. The minimum Gasteiger partial charge on any atom is -0.295 e. The third-order valence-corrected chi connectivity index (χ3v) is 6.47. The number of fused-ring (bicyclic) bond motifs is 1. The summed E-state index contributed by atoms with van der Waals surface area (Å²) < 4.78 is 1.55. The zero-order chi connectivity index (χ0) is 24.8. The summed E-state index contributed by atoms with van der Waals surface area (Å²) in [6.45, 7) is 0. The number of nitrogens with one attached hydrogen (secondary N) is 1. The predicted molar refractivity (Wildman–Crippen MR) is 129 cm³/mol. The number of carbonyl (C=O) groups excluding carboxylic acids is 4. The Kier molecular flexibility index (Phi) is 5.03. The van der Waals surface area contributed by atoms with Crippen LogP contribution in [-0.4, -0.2) is 49.6 Å². The summed E-state index contributed by atoms with van der Waals surface area (Å²) in [7, 11) is 0. The SMILES string of the molecule is O=C1CCC(N2C(=O)c3ccc(-n4cc(-c5ccccc5-c5ccccc5)nn4)cc3C2=O)C(=O)N1. The highest BCUT2D eigenvalue weighted by atomic mass is 16.2. The first-order valence-corrected chi connectivity index (χ1v) is 11.4. The molecule has 0 aliphatic carbocycles. The van der Waals surface area contributed by atoms with E-state index in [0.717, 1.165) is 21.6 Å². The molecule has 1 atom stereocenters. The number of benzene rings is 3. The Balaban J connectivity index is 1.32. The summed E-state index contributed by atoms with van der Waals surface area (Å²) >= 11 is 0. The summed E-state index contributed by atoms with van der Waals surface area (Å²) in [5.41, 5.74) is 4.58. The van der Waals surface area contributed by atoms with E-state index in [4.69, 9.17) is 0 Å². The van der Waals surface area contributed by atoms with Crippen LogP contribution in [0.1, 0.15) is 33.6 Å². The van der Waals surface area contributed by atoms with Gasteiger partial charge in [0.15, 0.2) is 0 Å². The van der Waals surface area contributed by atoms with Gasteiger partial charge in [0.1, 0.15) is 11.7 Å². The zero-order valence-corrected chi connectivity index (χ0v) is 18.9. The molecule has 2 aliphatic rings. The topological polar surface area (TPSA) is 114 Å². The number of hydrogen-bond donors (Lipinski definition) is 1. The number of amides is 4. The van der Waals surface area contributed by atoms with E-state index in [9.17, 15) is 19.2 Å². The third kappa shape index (κ3) is 3.49. The maximum Gasteiger partial charge on any atom is 0.262 e. The van der Waals surface area contributed by atoms with E-state index >= 15 is 0 Å². The van der Waals surface area contributed by atoms with Crippen molar-refractivity contribution in [1.82, 2.24) is 25.2 Å². The number of aromatic nitrogens is 3. The van der Waals surface area contributed by atoms with Gasteiger partial charge >= 0.3 is 0 Å². The monoisotopic (exact) mass is 477 g/mol. The summed E-state index contributed by atoms with van der Waals surface area (Å²) in [6.07, 6.45) is 1.94. The lowest BCUT2D eigenvalue weighted by atomic mass is 9.98. The number of carbonyl (C=O) groups is 4. The second kappa shape index (κ2) is 8.38. The van der Waals surface area contributed by atoms with Crippen LogP contribution in [0.4, 0.5) is 0 Å². The van der Waals surface area contributed by atoms with Gasteiger partial charge in [0.05, 0.1) is 23.0 Å². The summed E-state index contributed by atoms with van der Waals surface area (Å²) in [4.78, 5) is 50.8. The molecular weight excluding hydrogens is 458 g/mol. The fourth-order valence-electron chi connectivity index (χ4n) is 4.69. The van der Waals surface area contributed by atoms with Crippen molar-refractivity contribution in [2.24, 2.45) is 0 Å². The highest BCUT2D eigenvalue weighted by molar-refractivity contribution is 6.23. The standard InChI is InChI=1S/C27H19N5O4/c33-24-13-12-23(25(34)28-24)32-26(35)20-11-10-17(14-21(20)27(32)36)31-15-22(29-30-31)19-9-5-4-8-18(19)16-6-2-1-3-7-16/h1-11,14-15,23H,12-13H2,(H,28,33,34). The first kappa shape index (κ1) is 21.6. The maximum atomic E-state index is 13.1. The molecule has 1 unspecified atom stereocenters. The van der Waals surface area contributed by atoms with Gasteiger partial charge in [-0.15, -0.1) is 5.10 Å². The molecule has 36 heavy (non-hydrogen) atoms. The average molecular weight is 477 g/mol. The normalized spacial score (nSPS) is 17.3. The zero-order valence-electron chi connectivity index (χ0n) is 18.9. The molecule has 1 saturated heterocycles. The van der Waals surface area contributed by atoms with Gasteiger partial charge in [0.2, 0.25) is 11.8 Å². The van der Waals surface area contributed by atoms with Crippen LogP contribution in [0.5, 0.6) is 0 Å². The molecule has 4 aromatic rings. The molecule has 2 aliphatic heterocycles. The van der Waals surface area contributed by atoms with Gasteiger partial charge in [-0.05, 0) is 35.7 Å². The van der Waals surface area contributed by atoms with Crippen molar-refractivity contribution in [1.29, 1.82) is 0 Å². The molecule has 0 spiro atoms. The third-order valence-electron chi connectivity index (χ3n) is 6.47. The van der Waals surface area contributed by atoms with Crippen LogP contribution in [0.25, 0.3) is 28.1 Å². The minimum absolute atomic E-state index is 0.0707. The van der Waals surface area contributed by atoms with Gasteiger partial charge in [-0.1, -0.05) is 59.8 Å². The first-order valence-electron chi connectivity index (χ1n) is 11.4. The van der Waals surface area contributed by atoms with Gasteiger partial charge in [-0.25, -0.2) is 4.68 Å². The second-order valence-electron chi connectivity index (χ2n) is 8.64. The maximum absolute atomic E-state index is 13.1. The lowest BCUT2D eigenvalue weighted by molar-refractivity contribution is -0.136. The molecule has 3 aromatic carbocycles. The lowest BCUT2D eigenvalue weighted by Gasteiger charge is -2.27. The smallest absolute Gasteiger partial charge is 0.262 e. The highest BCUT2D eigenvalue weighted by Crippen LogP contribution is 2.32. The average Bonchev–Trinajstić information content (AvgIpc) is 3.48. The van der Waals surface area contributed by atoms with Crippen molar-refractivity contribution in [3.8, 4) is 28.1 Å². The van der Waals surface area contributed by atoms with Crippen LogP contribution in [0, 0.1) is 0 Å². The van der Waals surface area contributed by atoms with Crippen molar-refractivity contribution in [3.63, 3.8) is 0 Å². The Hall–Kier alpha value is -4.92. The van der Waals surface area contributed by atoms with Crippen LogP contribution in [0.3, 0.4) is 0 Å². The summed E-state index contributed by atoms with van der Waals surface area (Å²) in [5, 5.41) is 10.8. The molecule has 1 N–H and O–H groups in total. The summed E-state index contributed by atoms with van der Waals surface area (Å²) in [5.74, 6) is -2.17. The summed E-state index contributed by atoms with van der Waals surface area (Å²) in [6, 6.07) is 21.7. The fourth-order valence-corrected chi connectivity index (χ4v) is 4.69. The predicted octanol–water partition coefficient (Wildman–Crippen LogP) is 3.00. The Bertz CT molecular complexity index is 1560. The van der Waals surface area contributed by atoms with E-state index in [1.54, 1.807) is 29.1 Å². The van der Waals surface area contributed by atoms with E-state index in [1.807, 2.05) is 54.6 Å². The molecular formula is C27H19N5O4. The van der Waals surface area contributed by atoms with E-state index in [2.05, 4.69) is 15.6 Å². The number of hydrogen-bond acceptors (Lipinski definition) is 6. The molecule has 0 saturated carbocycles. The Morgan fingerprint density at radius 3 is 2.28 bits per heavy atom. The van der Waals surface area contributed by atoms with Crippen LogP contribution in [0.2, 0.25) is 0 Å². The molecule has 9 nitrogen and oxygen atoms in total. The molecule has 6 rings (SSSR count). The van der Waals surface area contributed by atoms with Crippen molar-refractivity contribution in [2.75, 3.05) is 0 Å². The van der Waals surface area contributed by atoms with E-state index in [1.165, 1.54) is 0 Å². The van der Waals surface area contributed by atoms with Crippen molar-refractivity contribution >= 4 is 23.6 Å². The second-order valence-corrected chi connectivity index (χ2v) is 8.64. The van der Waals surface area contributed by atoms with Crippen LogP contribution < -0.4 is 5.32 Å². The minimum atomic E-state index is -1.01. The Morgan fingerprint density at radius 2 is 1.50 bits per heavy atom. The van der Waals surface area contributed by atoms with Crippen molar-refractivity contribution < 1.29 is 19.2 Å². The molecule has 1 fully saturated rings. The Morgan fingerprint density at radius 1 is 0.778 bits per heavy atom. The van der Waals surface area contributed by atoms with E-state index in [0.29, 0.717) is 11.4 Å². The molecule has 176 valence electrons. The van der Waals surface area contributed by atoms with Crippen LogP contribution >= 0.6 is 0 Å². The quantitative estimate of drug-likeness (QED) is 0.452. The van der Waals surface area contributed by atoms with Crippen LogP contribution in [0.15, 0.2) is 79.0 Å². The van der Waals surface area contributed by atoms with E-state index in [-0.39, 0.29) is 24.0 Å². The Labute approximate surface area is 205 Å².